The van der Waals surface area contributed by atoms with Crippen molar-refractivity contribution in [2.45, 2.75) is 6.54 Å². The van der Waals surface area contributed by atoms with Crippen LogP contribution in [0.4, 0.5) is 5.95 Å². The fourth-order valence-corrected chi connectivity index (χ4v) is 2.61. The zero-order chi connectivity index (χ0) is 15.5. The highest BCUT2D eigenvalue weighted by atomic mass is 35.5. The third kappa shape index (κ3) is 3.11. The Labute approximate surface area is 139 Å². The second-order valence-electron chi connectivity index (χ2n) is 4.98. The SMILES string of the molecule is Cn1c(-c2ccc(Cl)cc2)cnc1NCc1ccccc1Cl. The largest absolute Gasteiger partial charge is 0.352 e. The summed E-state index contributed by atoms with van der Waals surface area (Å²) in [6, 6.07) is 15.5. The van der Waals surface area contributed by atoms with E-state index < -0.39 is 0 Å². The second-order valence-corrected chi connectivity index (χ2v) is 5.82. The van der Waals surface area contributed by atoms with Crippen LogP contribution in [0.15, 0.2) is 54.7 Å². The third-order valence-corrected chi connectivity index (χ3v) is 4.14. The molecule has 0 saturated heterocycles. The van der Waals surface area contributed by atoms with Crippen molar-refractivity contribution in [1.82, 2.24) is 9.55 Å². The van der Waals surface area contributed by atoms with E-state index in [1.807, 2.05) is 66.3 Å². The summed E-state index contributed by atoms with van der Waals surface area (Å²) in [5.41, 5.74) is 3.14. The van der Waals surface area contributed by atoms with Crippen molar-refractivity contribution in [2.75, 3.05) is 5.32 Å². The van der Waals surface area contributed by atoms with Crippen LogP contribution in [0.2, 0.25) is 10.0 Å². The summed E-state index contributed by atoms with van der Waals surface area (Å²) in [6.07, 6.45) is 1.85. The van der Waals surface area contributed by atoms with Gasteiger partial charge in [0.1, 0.15) is 0 Å². The van der Waals surface area contributed by atoms with Crippen LogP contribution >= 0.6 is 23.2 Å². The smallest absolute Gasteiger partial charge is 0.203 e. The summed E-state index contributed by atoms with van der Waals surface area (Å²) in [6.45, 7) is 0.630. The zero-order valence-corrected chi connectivity index (χ0v) is 13.6. The molecule has 1 N–H and O–H groups in total. The van der Waals surface area contributed by atoms with Gasteiger partial charge >= 0.3 is 0 Å². The second kappa shape index (κ2) is 6.42. The number of rotatable bonds is 4. The van der Waals surface area contributed by atoms with E-state index in [9.17, 15) is 0 Å². The first kappa shape index (κ1) is 14.9. The van der Waals surface area contributed by atoms with Crippen LogP contribution in [0.25, 0.3) is 11.3 Å². The van der Waals surface area contributed by atoms with Gasteiger partial charge in [-0.2, -0.15) is 0 Å². The molecule has 0 aliphatic rings. The number of aromatic nitrogens is 2. The molecule has 0 bridgehead atoms. The number of anilines is 1. The van der Waals surface area contributed by atoms with Gasteiger partial charge in [-0.1, -0.05) is 53.5 Å². The zero-order valence-electron chi connectivity index (χ0n) is 12.1. The Balaban J connectivity index is 1.79. The van der Waals surface area contributed by atoms with Crippen molar-refractivity contribution in [1.29, 1.82) is 0 Å². The molecular formula is C17H15Cl2N3. The monoisotopic (exact) mass is 331 g/mol. The molecule has 0 fully saturated rings. The van der Waals surface area contributed by atoms with Gasteiger partial charge in [-0.3, -0.25) is 0 Å². The fraction of sp³-hybridized carbons (Fsp3) is 0.118. The summed E-state index contributed by atoms with van der Waals surface area (Å²) < 4.78 is 2.01. The number of halogens is 2. The van der Waals surface area contributed by atoms with E-state index in [0.717, 1.165) is 32.8 Å². The molecule has 1 aromatic heterocycles. The van der Waals surface area contributed by atoms with Crippen LogP contribution in [0.3, 0.4) is 0 Å². The number of hydrogen-bond acceptors (Lipinski definition) is 2. The maximum absolute atomic E-state index is 6.17. The lowest BCUT2D eigenvalue weighted by atomic mass is 10.2. The van der Waals surface area contributed by atoms with E-state index in [0.29, 0.717) is 6.54 Å². The van der Waals surface area contributed by atoms with Crippen molar-refractivity contribution in [2.24, 2.45) is 7.05 Å². The highest BCUT2D eigenvalue weighted by Crippen LogP contribution is 2.24. The van der Waals surface area contributed by atoms with Gasteiger partial charge < -0.3 is 9.88 Å². The summed E-state index contributed by atoms with van der Waals surface area (Å²) in [5.74, 6) is 0.796. The van der Waals surface area contributed by atoms with Gasteiger partial charge in [-0.05, 0) is 29.3 Å². The molecule has 0 unspecified atom stereocenters. The van der Waals surface area contributed by atoms with Gasteiger partial charge in [0.05, 0.1) is 11.9 Å². The Kier molecular flexibility index (Phi) is 4.36. The van der Waals surface area contributed by atoms with Gasteiger partial charge in [-0.25, -0.2) is 4.98 Å². The minimum absolute atomic E-state index is 0.630. The van der Waals surface area contributed by atoms with Crippen LogP contribution in [-0.4, -0.2) is 9.55 Å². The highest BCUT2D eigenvalue weighted by Gasteiger charge is 2.09. The fourth-order valence-electron chi connectivity index (χ4n) is 2.28. The van der Waals surface area contributed by atoms with Gasteiger partial charge in [0.2, 0.25) is 5.95 Å². The van der Waals surface area contributed by atoms with E-state index in [4.69, 9.17) is 23.2 Å². The molecule has 0 atom stereocenters. The van der Waals surface area contributed by atoms with E-state index in [2.05, 4.69) is 10.3 Å². The molecule has 5 heteroatoms. The molecule has 3 aromatic rings. The molecule has 3 nitrogen and oxygen atoms in total. The molecule has 22 heavy (non-hydrogen) atoms. The van der Waals surface area contributed by atoms with Crippen LogP contribution < -0.4 is 5.32 Å². The van der Waals surface area contributed by atoms with Crippen molar-refractivity contribution in [3.8, 4) is 11.3 Å². The molecule has 0 amide bonds. The lowest BCUT2D eigenvalue weighted by Crippen LogP contribution is -2.06. The van der Waals surface area contributed by atoms with Gasteiger partial charge in [-0.15, -0.1) is 0 Å². The Morgan fingerprint density at radius 2 is 1.77 bits per heavy atom. The molecule has 0 saturated carbocycles. The van der Waals surface area contributed by atoms with Crippen molar-refractivity contribution in [3.63, 3.8) is 0 Å². The first-order chi connectivity index (χ1) is 10.6. The summed E-state index contributed by atoms with van der Waals surface area (Å²) in [7, 11) is 1.98. The number of nitrogens with one attached hydrogen (secondary N) is 1. The minimum Gasteiger partial charge on any atom is -0.352 e. The maximum Gasteiger partial charge on any atom is 0.203 e. The standard InChI is InChI=1S/C17H15Cl2N3/c1-22-16(12-6-8-14(18)9-7-12)11-21-17(22)20-10-13-4-2-3-5-15(13)19/h2-9,11H,10H2,1H3,(H,20,21). The average Bonchev–Trinajstić information content (AvgIpc) is 2.88. The van der Waals surface area contributed by atoms with Gasteiger partial charge in [0, 0.05) is 23.6 Å². The summed E-state index contributed by atoms with van der Waals surface area (Å²) in [4.78, 5) is 4.44. The van der Waals surface area contributed by atoms with E-state index >= 15 is 0 Å². The number of nitrogens with zero attached hydrogens (tertiary/aromatic N) is 2. The Morgan fingerprint density at radius 1 is 1.05 bits per heavy atom. The molecule has 112 valence electrons. The van der Waals surface area contributed by atoms with E-state index in [1.165, 1.54) is 0 Å². The van der Waals surface area contributed by atoms with Crippen LogP contribution in [0.5, 0.6) is 0 Å². The molecule has 0 aliphatic heterocycles. The molecule has 0 spiro atoms. The van der Waals surface area contributed by atoms with Crippen molar-refractivity contribution >= 4 is 29.2 Å². The normalized spacial score (nSPS) is 10.7. The number of benzene rings is 2. The molecule has 1 heterocycles. The van der Waals surface area contributed by atoms with Crippen molar-refractivity contribution in [3.05, 3.63) is 70.3 Å². The number of imidazole rings is 1. The Hall–Kier alpha value is -1.97. The highest BCUT2D eigenvalue weighted by molar-refractivity contribution is 6.31. The Morgan fingerprint density at radius 3 is 2.50 bits per heavy atom. The van der Waals surface area contributed by atoms with E-state index in [1.54, 1.807) is 0 Å². The molecule has 2 aromatic carbocycles. The molecule has 3 rings (SSSR count). The summed E-state index contributed by atoms with van der Waals surface area (Å²) >= 11 is 12.1. The number of hydrogen-bond donors (Lipinski definition) is 1. The lowest BCUT2D eigenvalue weighted by molar-refractivity contribution is 0.907. The van der Waals surface area contributed by atoms with E-state index in [-0.39, 0.29) is 0 Å². The first-order valence-electron chi connectivity index (χ1n) is 6.90. The van der Waals surface area contributed by atoms with Crippen LogP contribution in [0, 0.1) is 0 Å². The average molecular weight is 332 g/mol. The molecule has 0 radical (unpaired) electrons. The molecular weight excluding hydrogens is 317 g/mol. The van der Waals surface area contributed by atoms with Gasteiger partial charge in [0.15, 0.2) is 0 Å². The first-order valence-corrected chi connectivity index (χ1v) is 7.65. The lowest BCUT2D eigenvalue weighted by Gasteiger charge is -2.09. The molecule has 0 aliphatic carbocycles. The third-order valence-electron chi connectivity index (χ3n) is 3.52. The van der Waals surface area contributed by atoms with Gasteiger partial charge in [0.25, 0.3) is 0 Å². The summed E-state index contributed by atoms with van der Waals surface area (Å²) in [5, 5.41) is 4.79. The van der Waals surface area contributed by atoms with Crippen molar-refractivity contribution < 1.29 is 0 Å². The Bertz CT molecular complexity index is 779. The topological polar surface area (TPSA) is 29.9 Å². The quantitative estimate of drug-likeness (QED) is 0.728. The predicted octanol–water partition coefficient (Wildman–Crippen LogP) is 5.01. The van der Waals surface area contributed by atoms with Crippen LogP contribution in [0.1, 0.15) is 5.56 Å². The predicted molar refractivity (Wildman–Crippen MR) is 92.4 cm³/mol. The minimum atomic E-state index is 0.630. The maximum atomic E-state index is 6.17. The van der Waals surface area contributed by atoms with Crippen LogP contribution in [-0.2, 0) is 13.6 Å².